The molecule has 0 atom stereocenters. The highest BCUT2D eigenvalue weighted by molar-refractivity contribution is 5.86. The molecule has 0 fully saturated rings. The minimum Gasteiger partial charge on any atom is -0.512 e. The molecule has 0 aliphatic heterocycles. The summed E-state index contributed by atoms with van der Waals surface area (Å²) in [6.07, 6.45) is 0.373. The second-order valence-electron chi connectivity index (χ2n) is 1.73. The van der Waals surface area contributed by atoms with E-state index in [4.69, 9.17) is 10.2 Å². The van der Waals surface area contributed by atoms with E-state index in [1.54, 1.807) is 6.92 Å². The predicted octanol–water partition coefficient (Wildman–Crippen LogP) is 1.31. The number of aliphatic hydroxyl groups excluding tert-OH is 1. The molecule has 0 aliphatic rings. The van der Waals surface area contributed by atoms with Gasteiger partial charge in [-0.05, 0) is 6.92 Å². The van der Waals surface area contributed by atoms with Crippen LogP contribution in [0.1, 0.15) is 20.3 Å². The molecule has 0 heterocycles. The zero-order valence-corrected chi connectivity index (χ0v) is 5.51. The first-order valence-corrected chi connectivity index (χ1v) is 2.71. The van der Waals surface area contributed by atoms with Crippen LogP contribution < -0.4 is 0 Å². The maximum Gasteiger partial charge on any atom is 0.334 e. The van der Waals surface area contributed by atoms with E-state index >= 15 is 0 Å². The fourth-order valence-electron chi connectivity index (χ4n) is 0.389. The van der Waals surface area contributed by atoms with Gasteiger partial charge in [-0.25, -0.2) is 4.79 Å². The molecule has 0 aromatic rings. The highest BCUT2D eigenvalue weighted by Gasteiger charge is 2.04. The Labute approximate surface area is 53.6 Å². The first-order chi connectivity index (χ1) is 4.09. The van der Waals surface area contributed by atoms with Crippen LogP contribution in [0.3, 0.4) is 0 Å². The molecule has 3 nitrogen and oxygen atoms in total. The number of aliphatic hydroxyl groups is 1. The van der Waals surface area contributed by atoms with Crippen LogP contribution >= 0.6 is 0 Å². The molecule has 0 rings (SSSR count). The monoisotopic (exact) mass is 130 g/mol. The molecular formula is C6H10O3. The summed E-state index contributed by atoms with van der Waals surface area (Å²) in [6.45, 7) is 3.07. The standard InChI is InChI=1S/C6H10O3/c1-3-5(7)4(2)6(8)9/h7H,3H2,1-2H3,(H,8,9)/b5-4-. The van der Waals surface area contributed by atoms with Gasteiger partial charge in [-0.3, -0.25) is 0 Å². The van der Waals surface area contributed by atoms with Crippen molar-refractivity contribution in [2.75, 3.05) is 0 Å². The van der Waals surface area contributed by atoms with Gasteiger partial charge in [0, 0.05) is 6.42 Å². The van der Waals surface area contributed by atoms with Crippen LogP contribution in [0.5, 0.6) is 0 Å². The molecule has 0 amide bonds. The van der Waals surface area contributed by atoms with Gasteiger partial charge in [0.1, 0.15) is 5.76 Å². The Bertz CT molecular complexity index is 146. The third-order valence-corrected chi connectivity index (χ3v) is 1.09. The molecule has 2 N–H and O–H groups in total. The van der Waals surface area contributed by atoms with Gasteiger partial charge in [0.25, 0.3) is 0 Å². The van der Waals surface area contributed by atoms with Crippen molar-refractivity contribution in [2.45, 2.75) is 20.3 Å². The summed E-state index contributed by atoms with van der Waals surface area (Å²) < 4.78 is 0. The number of rotatable bonds is 2. The smallest absolute Gasteiger partial charge is 0.334 e. The van der Waals surface area contributed by atoms with Gasteiger partial charge in [-0.1, -0.05) is 6.92 Å². The van der Waals surface area contributed by atoms with E-state index in [0.29, 0.717) is 6.42 Å². The van der Waals surface area contributed by atoms with E-state index in [0.717, 1.165) is 0 Å². The van der Waals surface area contributed by atoms with Crippen molar-refractivity contribution in [1.82, 2.24) is 0 Å². The maximum atomic E-state index is 10.1. The van der Waals surface area contributed by atoms with Gasteiger partial charge in [-0.2, -0.15) is 0 Å². The number of aliphatic carboxylic acids is 1. The summed E-state index contributed by atoms with van der Waals surface area (Å²) in [5.41, 5.74) is 0.0255. The largest absolute Gasteiger partial charge is 0.512 e. The fraction of sp³-hybridized carbons (Fsp3) is 0.500. The van der Waals surface area contributed by atoms with Crippen molar-refractivity contribution in [3.63, 3.8) is 0 Å². The number of hydrogen-bond acceptors (Lipinski definition) is 2. The van der Waals surface area contributed by atoms with Crippen LogP contribution in [0.2, 0.25) is 0 Å². The van der Waals surface area contributed by atoms with E-state index in [1.165, 1.54) is 6.92 Å². The highest BCUT2D eigenvalue weighted by Crippen LogP contribution is 2.03. The van der Waals surface area contributed by atoms with Crippen molar-refractivity contribution in [1.29, 1.82) is 0 Å². The third kappa shape index (κ3) is 2.17. The summed E-state index contributed by atoms with van der Waals surface area (Å²) in [4.78, 5) is 10.1. The van der Waals surface area contributed by atoms with Crippen LogP contribution in [-0.4, -0.2) is 16.2 Å². The molecule has 0 saturated heterocycles. The Morgan fingerprint density at radius 3 is 2.00 bits per heavy atom. The first-order valence-electron chi connectivity index (χ1n) is 2.71. The molecule has 9 heavy (non-hydrogen) atoms. The molecule has 52 valence electrons. The van der Waals surface area contributed by atoms with Crippen LogP contribution in [0.15, 0.2) is 11.3 Å². The third-order valence-electron chi connectivity index (χ3n) is 1.09. The van der Waals surface area contributed by atoms with Crippen molar-refractivity contribution in [3.05, 3.63) is 11.3 Å². The molecule has 0 spiro atoms. The lowest BCUT2D eigenvalue weighted by atomic mass is 10.2. The van der Waals surface area contributed by atoms with E-state index in [2.05, 4.69) is 0 Å². The van der Waals surface area contributed by atoms with E-state index in [9.17, 15) is 4.79 Å². The Morgan fingerprint density at radius 2 is 1.89 bits per heavy atom. The highest BCUT2D eigenvalue weighted by atomic mass is 16.4. The van der Waals surface area contributed by atoms with E-state index in [1.807, 2.05) is 0 Å². The number of hydrogen-bond donors (Lipinski definition) is 2. The molecule has 0 aromatic carbocycles. The topological polar surface area (TPSA) is 57.5 Å². The van der Waals surface area contributed by atoms with Gasteiger partial charge in [0.15, 0.2) is 0 Å². The quantitative estimate of drug-likeness (QED) is 0.437. The summed E-state index contributed by atoms with van der Waals surface area (Å²) in [7, 11) is 0. The van der Waals surface area contributed by atoms with Gasteiger partial charge in [0.05, 0.1) is 5.57 Å². The first kappa shape index (κ1) is 8.01. The molecule has 0 aliphatic carbocycles. The van der Waals surface area contributed by atoms with Crippen molar-refractivity contribution in [2.24, 2.45) is 0 Å². The fourth-order valence-corrected chi connectivity index (χ4v) is 0.389. The molecule has 0 unspecified atom stereocenters. The van der Waals surface area contributed by atoms with E-state index in [-0.39, 0.29) is 11.3 Å². The van der Waals surface area contributed by atoms with Crippen LogP contribution in [0.25, 0.3) is 0 Å². The summed E-state index contributed by atoms with van der Waals surface area (Å²) in [5.74, 6) is -1.11. The minimum atomic E-state index is -1.06. The Balaban J connectivity index is 4.28. The number of carboxylic acids is 1. The number of carbonyl (C=O) groups is 1. The summed E-state index contributed by atoms with van der Waals surface area (Å²) >= 11 is 0. The Kier molecular flexibility index (Phi) is 2.78. The molecule has 0 aromatic heterocycles. The molecule has 0 radical (unpaired) electrons. The zero-order chi connectivity index (χ0) is 7.44. The van der Waals surface area contributed by atoms with Gasteiger partial charge in [0.2, 0.25) is 0 Å². The van der Waals surface area contributed by atoms with Crippen molar-refractivity contribution < 1.29 is 15.0 Å². The average Bonchev–Trinajstić information content (AvgIpc) is 1.84. The lowest BCUT2D eigenvalue weighted by Gasteiger charge is -1.95. The van der Waals surface area contributed by atoms with Gasteiger partial charge >= 0.3 is 5.97 Å². The zero-order valence-electron chi connectivity index (χ0n) is 5.51. The van der Waals surface area contributed by atoms with Gasteiger partial charge in [-0.15, -0.1) is 0 Å². The number of allylic oxidation sites excluding steroid dienone is 1. The normalized spacial score (nSPS) is 12.7. The lowest BCUT2D eigenvalue weighted by molar-refractivity contribution is -0.132. The van der Waals surface area contributed by atoms with Crippen molar-refractivity contribution in [3.8, 4) is 0 Å². The Morgan fingerprint density at radius 1 is 1.44 bits per heavy atom. The minimum absolute atomic E-state index is 0.0255. The summed E-state index contributed by atoms with van der Waals surface area (Å²) in [6, 6.07) is 0. The molecule has 0 bridgehead atoms. The number of carboxylic acid groups (broad SMARTS) is 1. The predicted molar refractivity (Wildman–Crippen MR) is 33.3 cm³/mol. The second-order valence-corrected chi connectivity index (χ2v) is 1.73. The lowest BCUT2D eigenvalue weighted by Crippen LogP contribution is -1.99. The molecular weight excluding hydrogens is 120 g/mol. The maximum absolute atomic E-state index is 10.1. The molecule has 3 heteroatoms. The van der Waals surface area contributed by atoms with Crippen LogP contribution in [-0.2, 0) is 4.79 Å². The Hall–Kier alpha value is -0.990. The average molecular weight is 130 g/mol. The molecule has 0 saturated carbocycles. The van der Waals surface area contributed by atoms with Crippen LogP contribution in [0, 0.1) is 0 Å². The SMILES string of the molecule is CC/C(O)=C(\C)C(=O)O. The van der Waals surface area contributed by atoms with Crippen molar-refractivity contribution >= 4 is 5.97 Å². The van der Waals surface area contributed by atoms with E-state index < -0.39 is 5.97 Å². The summed E-state index contributed by atoms with van der Waals surface area (Å²) in [5, 5.41) is 17.1. The van der Waals surface area contributed by atoms with Gasteiger partial charge < -0.3 is 10.2 Å². The second kappa shape index (κ2) is 3.12. The van der Waals surface area contributed by atoms with Crippen LogP contribution in [0.4, 0.5) is 0 Å².